The monoisotopic (exact) mass is 235 g/mol. The highest BCUT2D eigenvalue weighted by atomic mass is 19.1. The zero-order valence-corrected chi connectivity index (χ0v) is 10.3. The van der Waals surface area contributed by atoms with Crippen LogP contribution in [0.4, 0.5) is 4.39 Å². The van der Waals surface area contributed by atoms with Gasteiger partial charge in [-0.25, -0.2) is 9.37 Å². The molecule has 1 aromatic heterocycles. The maximum atomic E-state index is 13.3. The molecule has 0 fully saturated rings. The van der Waals surface area contributed by atoms with Crippen molar-refractivity contribution in [3.05, 3.63) is 29.8 Å². The van der Waals surface area contributed by atoms with Gasteiger partial charge in [0, 0.05) is 19.0 Å². The number of benzene rings is 1. The first-order valence-electron chi connectivity index (χ1n) is 6.02. The average Bonchev–Trinajstić information content (AvgIpc) is 2.57. The van der Waals surface area contributed by atoms with E-state index in [-0.39, 0.29) is 11.9 Å². The van der Waals surface area contributed by atoms with Crippen molar-refractivity contribution >= 4 is 11.0 Å². The van der Waals surface area contributed by atoms with Crippen LogP contribution in [0.15, 0.2) is 18.2 Å². The van der Waals surface area contributed by atoms with Crippen LogP contribution in [0.3, 0.4) is 0 Å². The molecule has 2 aromatic rings. The van der Waals surface area contributed by atoms with Crippen molar-refractivity contribution in [3.8, 4) is 0 Å². The summed E-state index contributed by atoms with van der Waals surface area (Å²) in [6.45, 7) is 4.90. The third-order valence-electron chi connectivity index (χ3n) is 2.74. The zero-order chi connectivity index (χ0) is 12.4. The second-order valence-electron chi connectivity index (χ2n) is 4.49. The molecule has 0 radical (unpaired) electrons. The zero-order valence-electron chi connectivity index (χ0n) is 10.3. The van der Waals surface area contributed by atoms with Crippen molar-refractivity contribution in [1.29, 1.82) is 0 Å². The maximum Gasteiger partial charge on any atom is 0.125 e. The Bertz CT molecular complexity index is 517. The number of rotatable bonds is 4. The van der Waals surface area contributed by atoms with Crippen LogP contribution in [0.5, 0.6) is 0 Å². The van der Waals surface area contributed by atoms with E-state index < -0.39 is 0 Å². The van der Waals surface area contributed by atoms with E-state index in [4.69, 9.17) is 5.73 Å². The van der Waals surface area contributed by atoms with E-state index in [1.165, 1.54) is 6.07 Å². The van der Waals surface area contributed by atoms with Crippen LogP contribution in [0.1, 0.15) is 26.1 Å². The number of nitrogens with zero attached hydrogens (tertiary/aromatic N) is 2. The van der Waals surface area contributed by atoms with Crippen molar-refractivity contribution < 1.29 is 4.39 Å². The lowest BCUT2D eigenvalue weighted by Crippen LogP contribution is -2.20. The van der Waals surface area contributed by atoms with Crippen LogP contribution in [0.2, 0.25) is 0 Å². The van der Waals surface area contributed by atoms with Crippen molar-refractivity contribution in [2.24, 2.45) is 5.73 Å². The Morgan fingerprint density at radius 1 is 1.47 bits per heavy atom. The summed E-state index contributed by atoms with van der Waals surface area (Å²) >= 11 is 0. The van der Waals surface area contributed by atoms with Gasteiger partial charge >= 0.3 is 0 Å². The minimum Gasteiger partial charge on any atom is -0.328 e. The third kappa shape index (κ3) is 2.47. The van der Waals surface area contributed by atoms with E-state index in [0.717, 1.165) is 36.2 Å². The summed E-state index contributed by atoms with van der Waals surface area (Å²) in [6, 6.07) is 4.78. The Morgan fingerprint density at radius 2 is 2.24 bits per heavy atom. The molecule has 17 heavy (non-hydrogen) atoms. The minimum atomic E-state index is -0.220. The molecule has 0 bridgehead atoms. The molecule has 2 rings (SSSR count). The van der Waals surface area contributed by atoms with Crippen LogP contribution >= 0.6 is 0 Å². The first-order chi connectivity index (χ1) is 8.11. The summed E-state index contributed by atoms with van der Waals surface area (Å²) in [5, 5.41) is 0. The largest absolute Gasteiger partial charge is 0.328 e. The Labute approximate surface area is 100 Å². The molecule has 0 spiro atoms. The van der Waals surface area contributed by atoms with Crippen molar-refractivity contribution in [2.45, 2.75) is 39.3 Å². The fraction of sp³-hybridized carbons (Fsp3) is 0.462. The molecule has 1 heterocycles. The molecule has 1 aromatic carbocycles. The van der Waals surface area contributed by atoms with Gasteiger partial charge in [-0.05, 0) is 31.5 Å². The van der Waals surface area contributed by atoms with Gasteiger partial charge in [0.05, 0.1) is 11.0 Å². The molecule has 4 heteroatoms. The molecule has 1 unspecified atom stereocenters. The third-order valence-corrected chi connectivity index (χ3v) is 2.74. The van der Waals surface area contributed by atoms with Gasteiger partial charge in [0.1, 0.15) is 11.6 Å². The van der Waals surface area contributed by atoms with E-state index in [0.29, 0.717) is 0 Å². The second kappa shape index (κ2) is 4.84. The fourth-order valence-electron chi connectivity index (χ4n) is 2.06. The summed E-state index contributed by atoms with van der Waals surface area (Å²) in [4.78, 5) is 4.53. The topological polar surface area (TPSA) is 43.8 Å². The lowest BCUT2D eigenvalue weighted by Gasteiger charge is -2.09. The Balaban J connectivity index is 2.54. The quantitative estimate of drug-likeness (QED) is 0.884. The summed E-state index contributed by atoms with van der Waals surface area (Å²) in [5.41, 5.74) is 7.52. The minimum absolute atomic E-state index is 0.0623. The smallest absolute Gasteiger partial charge is 0.125 e. The van der Waals surface area contributed by atoms with Gasteiger partial charge in [0.2, 0.25) is 0 Å². The van der Waals surface area contributed by atoms with Gasteiger partial charge < -0.3 is 10.3 Å². The molecule has 0 aliphatic carbocycles. The lowest BCUT2D eigenvalue weighted by atomic mass is 10.2. The normalized spacial score (nSPS) is 13.2. The van der Waals surface area contributed by atoms with Crippen molar-refractivity contribution in [1.82, 2.24) is 9.55 Å². The number of halogens is 1. The summed E-state index contributed by atoms with van der Waals surface area (Å²) < 4.78 is 15.3. The van der Waals surface area contributed by atoms with E-state index in [2.05, 4.69) is 16.5 Å². The van der Waals surface area contributed by atoms with E-state index >= 15 is 0 Å². The number of aromatic nitrogens is 2. The molecule has 0 saturated heterocycles. The van der Waals surface area contributed by atoms with E-state index in [9.17, 15) is 4.39 Å². The molecule has 92 valence electrons. The van der Waals surface area contributed by atoms with Gasteiger partial charge in [0.25, 0.3) is 0 Å². The Morgan fingerprint density at radius 3 is 2.88 bits per heavy atom. The predicted molar refractivity (Wildman–Crippen MR) is 67.3 cm³/mol. The molecule has 0 aliphatic heterocycles. The van der Waals surface area contributed by atoms with Crippen LogP contribution in [0.25, 0.3) is 11.0 Å². The maximum absolute atomic E-state index is 13.3. The van der Waals surface area contributed by atoms with Crippen LogP contribution < -0.4 is 5.73 Å². The fourth-order valence-corrected chi connectivity index (χ4v) is 2.06. The number of fused-ring (bicyclic) bond motifs is 1. The number of aryl methyl sites for hydroxylation is 1. The first kappa shape index (κ1) is 12.0. The van der Waals surface area contributed by atoms with E-state index in [1.54, 1.807) is 12.1 Å². The molecule has 0 saturated carbocycles. The lowest BCUT2D eigenvalue weighted by molar-refractivity contribution is 0.610. The second-order valence-corrected chi connectivity index (χ2v) is 4.49. The Hall–Kier alpha value is -1.42. The predicted octanol–water partition coefficient (Wildman–Crippen LogP) is 2.48. The number of imidazole rings is 1. The number of hydrogen-bond acceptors (Lipinski definition) is 2. The van der Waals surface area contributed by atoms with Gasteiger partial charge in [-0.15, -0.1) is 0 Å². The highest BCUT2D eigenvalue weighted by Gasteiger charge is 2.12. The van der Waals surface area contributed by atoms with Gasteiger partial charge in [-0.3, -0.25) is 0 Å². The molecule has 2 N–H and O–H groups in total. The molecular formula is C13H18FN3. The standard InChI is InChI=1S/C13H18FN3/c1-3-6-17-12-8-10(14)4-5-11(12)16-13(17)7-9(2)15/h4-5,8-9H,3,6-7,15H2,1-2H3. The molecule has 1 atom stereocenters. The number of nitrogens with two attached hydrogens (primary N) is 1. The summed E-state index contributed by atoms with van der Waals surface area (Å²) in [7, 11) is 0. The summed E-state index contributed by atoms with van der Waals surface area (Å²) in [6.07, 6.45) is 1.71. The van der Waals surface area contributed by atoms with Crippen LogP contribution in [-0.2, 0) is 13.0 Å². The number of hydrogen-bond donors (Lipinski definition) is 1. The van der Waals surface area contributed by atoms with E-state index in [1.807, 2.05) is 6.92 Å². The van der Waals surface area contributed by atoms with Crippen LogP contribution in [-0.4, -0.2) is 15.6 Å². The van der Waals surface area contributed by atoms with Gasteiger partial charge in [-0.2, -0.15) is 0 Å². The highest BCUT2D eigenvalue weighted by Crippen LogP contribution is 2.19. The van der Waals surface area contributed by atoms with Crippen molar-refractivity contribution in [3.63, 3.8) is 0 Å². The summed E-state index contributed by atoms with van der Waals surface area (Å²) in [5.74, 6) is 0.726. The Kier molecular flexibility index (Phi) is 3.43. The molecule has 0 amide bonds. The van der Waals surface area contributed by atoms with Crippen molar-refractivity contribution in [2.75, 3.05) is 0 Å². The molecular weight excluding hydrogens is 217 g/mol. The van der Waals surface area contributed by atoms with Crippen LogP contribution in [0, 0.1) is 5.82 Å². The molecule has 0 aliphatic rings. The SMILES string of the molecule is CCCn1c(CC(C)N)nc2ccc(F)cc21. The highest BCUT2D eigenvalue weighted by molar-refractivity contribution is 5.76. The van der Waals surface area contributed by atoms with Gasteiger partial charge in [-0.1, -0.05) is 6.92 Å². The molecule has 3 nitrogen and oxygen atoms in total. The first-order valence-corrected chi connectivity index (χ1v) is 6.02. The average molecular weight is 235 g/mol. The van der Waals surface area contributed by atoms with Gasteiger partial charge in [0.15, 0.2) is 0 Å².